The average Bonchev–Trinajstić information content (AvgIpc) is 3.17. The topological polar surface area (TPSA) is 88.0 Å². The Kier molecular flexibility index (Phi) is 4.44. The largest absolute Gasteiger partial charge is 0.507 e. The second kappa shape index (κ2) is 6.39. The number of carbonyl (C=O) groups is 1. The number of halogens is 1. The van der Waals surface area contributed by atoms with E-state index in [1.807, 2.05) is 5.38 Å². The van der Waals surface area contributed by atoms with E-state index >= 15 is 0 Å². The van der Waals surface area contributed by atoms with Gasteiger partial charge in [0.05, 0.1) is 15.6 Å². The van der Waals surface area contributed by atoms with Crippen molar-refractivity contribution in [3.63, 3.8) is 0 Å². The van der Waals surface area contributed by atoms with E-state index in [4.69, 9.17) is 11.6 Å². The molecule has 0 aliphatic carbocycles. The van der Waals surface area contributed by atoms with Gasteiger partial charge in [0.2, 0.25) is 5.13 Å². The molecule has 0 aliphatic heterocycles. The van der Waals surface area contributed by atoms with E-state index < -0.39 is 5.56 Å². The molecule has 124 valence electrons. The smallest absolute Gasteiger partial charge is 0.284 e. The molecule has 2 N–H and O–H groups in total. The predicted molar refractivity (Wildman–Crippen MR) is 96.4 cm³/mol. The zero-order valence-corrected chi connectivity index (χ0v) is 15.1. The SMILES string of the molecule is CC(=O)/C=C(\O)c1c(C)[nH]n(-c2nc(-c3sccc3Cl)cs2)c1=O. The van der Waals surface area contributed by atoms with Crippen LogP contribution in [0, 0.1) is 6.92 Å². The number of aromatic nitrogens is 3. The van der Waals surface area contributed by atoms with Crippen LogP contribution in [0.3, 0.4) is 0 Å². The molecule has 0 saturated heterocycles. The van der Waals surface area contributed by atoms with Crippen LogP contribution in [0.5, 0.6) is 0 Å². The van der Waals surface area contributed by atoms with Gasteiger partial charge in [-0.3, -0.25) is 14.7 Å². The molecule has 6 nitrogen and oxygen atoms in total. The van der Waals surface area contributed by atoms with Crippen molar-refractivity contribution in [1.29, 1.82) is 0 Å². The zero-order valence-electron chi connectivity index (χ0n) is 12.7. The Labute approximate surface area is 149 Å². The summed E-state index contributed by atoms with van der Waals surface area (Å²) in [6.45, 7) is 2.94. The van der Waals surface area contributed by atoms with Gasteiger partial charge >= 0.3 is 0 Å². The highest BCUT2D eigenvalue weighted by Gasteiger charge is 2.19. The predicted octanol–water partition coefficient (Wildman–Crippen LogP) is 3.80. The number of aromatic amines is 1. The van der Waals surface area contributed by atoms with Crippen LogP contribution in [-0.2, 0) is 4.79 Å². The Morgan fingerprint density at radius 1 is 1.46 bits per heavy atom. The van der Waals surface area contributed by atoms with Crippen molar-refractivity contribution in [3.8, 4) is 15.7 Å². The fourth-order valence-electron chi connectivity index (χ4n) is 2.20. The number of nitrogens with one attached hydrogen (secondary N) is 1. The first-order valence-electron chi connectivity index (χ1n) is 6.81. The lowest BCUT2D eigenvalue weighted by Gasteiger charge is -1.95. The summed E-state index contributed by atoms with van der Waals surface area (Å²) in [5.74, 6) is -0.707. The molecule has 0 aliphatic rings. The molecule has 0 radical (unpaired) electrons. The highest BCUT2D eigenvalue weighted by Crippen LogP contribution is 2.34. The molecule has 0 spiro atoms. The summed E-state index contributed by atoms with van der Waals surface area (Å²) in [4.78, 5) is 28.9. The lowest BCUT2D eigenvalue weighted by Crippen LogP contribution is -2.17. The molecule has 3 aromatic heterocycles. The molecule has 9 heteroatoms. The van der Waals surface area contributed by atoms with Crippen LogP contribution in [0.15, 0.2) is 27.7 Å². The third kappa shape index (κ3) is 2.95. The Hall–Kier alpha value is -2.16. The van der Waals surface area contributed by atoms with Crippen molar-refractivity contribution in [1.82, 2.24) is 14.8 Å². The number of thiazole rings is 1. The van der Waals surface area contributed by atoms with Crippen molar-refractivity contribution < 1.29 is 9.90 Å². The summed E-state index contributed by atoms with van der Waals surface area (Å²) < 4.78 is 1.24. The molecule has 0 saturated carbocycles. The van der Waals surface area contributed by atoms with Gasteiger partial charge in [0, 0.05) is 17.2 Å². The van der Waals surface area contributed by atoms with Gasteiger partial charge in [-0.1, -0.05) is 11.6 Å². The van der Waals surface area contributed by atoms with Crippen LogP contribution < -0.4 is 5.56 Å². The lowest BCUT2D eigenvalue weighted by atomic mass is 10.2. The molecule has 0 bridgehead atoms. The number of allylic oxidation sites excluding steroid dienone is 1. The molecule has 0 fully saturated rings. The lowest BCUT2D eigenvalue weighted by molar-refractivity contribution is -0.112. The minimum atomic E-state index is -0.472. The fraction of sp³-hybridized carbons (Fsp3) is 0.133. The highest BCUT2D eigenvalue weighted by atomic mass is 35.5. The summed E-state index contributed by atoms with van der Waals surface area (Å²) in [5.41, 5.74) is 0.705. The summed E-state index contributed by atoms with van der Waals surface area (Å²) >= 11 is 8.84. The summed E-state index contributed by atoms with van der Waals surface area (Å²) in [5, 5.41) is 17.5. The molecule has 3 aromatic rings. The number of hydrogen-bond donors (Lipinski definition) is 2. The first-order chi connectivity index (χ1) is 11.4. The van der Waals surface area contributed by atoms with Gasteiger partial charge in [0.15, 0.2) is 5.78 Å². The van der Waals surface area contributed by atoms with E-state index in [0.717, 1.165) is 11.0 Å². The van der Waals surface area contributed by atoms with Crippen molar-refractivity contribution in [2.75, 3.05) is 0 Å². The van der Waals surface area contributed by atoms with Crippen molar-refractivity contribution in [2.45, 2.75) is 13.8 Å². The van der Waals surface area contributed by atoms with Crippen molar-refractivity contribution in [2.24, 2.45) is 0 Å². The van der Waals surface area contributed by atoms with E-state index in [0.29, 0.717) is 21.5 Å². The van der Waals surface area contributed by atoms with E-state index in [2.05, 4.69) is 10.1 Å². The monoisotopic (exact) mass is 381 g/mol. The number of carbonyl (C=O) groups excluding carboxylic acids is 1. The molecule has 0 unspecified atom stereocenters. The van der Waals surface area contributed by atoms with Gasteiger partial charge in [-0.25, -0.2) is 4.98 Å². The number of H-pyrrole nitrogens is 1. The molecule has 0 aromatic carbocycles. The Balaban J connectivity index is 2.06. The number of aryl methyl sites for hydroxylation is 1. The van der Waals surface area contributed by atoms with Crippen LogP contribution in [0.2, 0.25) is 5.02 Å². The van der Waals surface area contributed by atoms with Crippen LogP contribution >= 0.6 is 34.3 Å². The molecule has 0 atom stereocenters. The molecule has 3 rings (SSSR count). The quantitative estimate of drug-likeness (QED) is 0.531. The second-order valence-electron chi connectivity index (χ2n) is 5.01. The number of nitrogens with zero attached hydrogens (tertiary/aromatic N) is 2. The van der Waals surface area contributed by atoms with E-state index in [1.54, 1.807) is 18.4 Å². The third-order valence-electron chi connectivity index (χ3n) is 3.20. The van der Waals surface area contributed by atoms with Crippen LogP contribution in [0.25, 0.3) is 21.5 Å². The molecular formula is C15H12ClN3O3S2. The van der Waals surface area contributed by atoms with E-state index in [9.17, 15) is 14.7 Å². The van der Waals surface area contributed by atoms with Crippen molar-refractivity contribution in [3.05, 3.63) is 49.5 Å². The summed E-state index contributed by atoms with van der Waals surface area (Å²) in [6.07, 6.45) is 1.01. The van der Waals surface area contributed by atoms with Crippen LogP contribution in [0.4, 0.5) is 0 Å². The summed E-state index contributed by atoms with van der Waals surface area (Å²) in [7, 11) is 0. The molecule has 3 heterocycles. The van der Waals surface area contributed by atoms with E-state index in [1.165, 1.54) is 34.3 Å². The number of aliphatic hydroxyl groups excluding tert-OH is 1. The number of thiophene rings is 1. The van der Waals surface area contributed by atoms with Gasteiger partial charge in [-0.05, 0) is 25.3 Å². The zero-order chi connectivity index (χ0) is 17.4. The molecule has 0 amide bonds. The van der Waals surface area contributed by atoms with Gasteiger partial charge in [0.1, 0.15) is 11.3 Å². The fourth-order valence-corrected chi connectivity index (χ4v) is 4.16. The second-order valence-corrected chi connectivity index (χ2v) is 7.17. The first-order valence-corrected chi connectivity index (χ1v) is 8.94. The van der Waals surface area contributed by atoms with Gasteiger partial charge < -0.3 is 5.11 Å². The number of aliphatic hydroxyl groups is 1. The highest BCUT2D eigenvalue weighted by molar-refractivity contribution is 7.15. The minimum Gasteiger partial charge on any atom is -0.507 e. The van der Waals surface area contributed by atoms with Gasteiger partial charge in [-0.2, -0.15) is 4.68 Å². The van der Waals surface area contributed by atoms with E-state index in [-0.39, 0.29) is 17.1 Å². The standard InChI is InChI=1S/C15H12ClN3O3S2/c1-7(20)5-11(21)12-8(2)18-19(14(12)22)15-17-10(6-24-15)13-9(16)3-4-23-13/h3-6,18,21H,1-2H3/b11-5-. The third-order valence-corrected chi connectivity index (χ3v) is 5.39. The number of hydrogen-bond acceptors (Lipinski definition) is 6. The Morgan fingerprint density at radius 3 is 2.83 bits per heavy atom. The van der Waals surface area contributed by atoms with Crippen molar-refractivity contribution >= 4 is 45.8 Å². The molecular weight excluding hydrogens is 370 g/mol. The Bertz CT molecular complexity index is 1010. The van der Waals surface area contributed by atoms with Crippen LogP contribution in [0.1, 0.15) is 18.2 Å². The van der Waals surface area contributed by atoms with Gasteiger partial charge in [-0.15, -0.1) is 22.7 Å². The normalized spacial score (nSPS) is 11.9. The number of rotatable bonds is 4. The minimum absolute atomic E-state index is 0.0520. The first kappa shape index (κ1) is 16.7. The maximum Gasteiger partial charge on any atom is 0.284 e. The van der Waals surface area contributed by atoms with Gasteiger partial charge in [0.25, 0.3) is 5.56 Å². The summed E-state index contributed by atoms with van der Waals surface area (Å²) in [6, 6.07) is 1.79. The van der Waals surface area contributed by atoms with Crippen LogP contribution in [-0.4, -0.2) is 25.7 Å². The number of ketones is 1. The Morgan fingerprint density at radius 2 is 2.21 bits per heavy atom. The maximum absolute atomic E-state index is 12.5. The average molecular weight is 382 g/mol. The maximum atomic E-state index is 12.5. The molecule has 24 heavy (non-hydrogen) atoms.